The van der Waals surface area contributed by atoms with Gasteiger partial charge < -0.3 is 14.8 Å². The Morgan fingerprint density at radius 3 is 2.65 bits per heavy atom. The van der Waals surface area contributed by atoms with E-state index in [1.165, 1.54) is 12.3 Å². The van der Waals surface area contributed by atoms with Crippen molar-refractivity contribution in [2.75, 3.05) is 0 Å². The fourth-order valence-corrected chi connectivity index (χ4v) is 1.56. The number of carbonyl (C=O) groups is 2. The van der Waals surface area contributed by atoms with Crippen LogP contribution in [0.2, 0.25) is 5.22 Å². The SMILES string of the molecule is CCC(C)C(NC(=O)c1ccoc1Cl)C(=O)O. The molecule has 0 saturated heterocycles. The third-order valence-corrected chi connectivity index (χ3v) is 2.92. The first-order chi connectivity index (χ1) is 7.97. The van der Waals surface area contributed by atoms with E-state index < -0.39 is 17.9 Å². The number of nitrogens with one attached hydrogen (secondary N) is 1. The van der Waals surface area contributed by atoms with Gasteiger partial charge in [0, 0.05) is 0 Å². The lowest BCUT2D eigenvalue weighted by atomic mass is 9.99. The van der Waals surface area contributed by atoms with Crippen molar-refractivity contribution in [3.8, 4) is 0 Å². The molecule has 94 valence electrons. The van der Waals surface area contributed by atoms with Crippen LogP contribution in [-0.4, -0.2) is 23.0 Å². The molecule has 0 aromatic carbocycles. The van der Waals surface area contributed by atoms with E-state index in [0.717, 1.165) is 0 Å². The molecule has 2 atom stereocenters. The molecule has 0 spiro atoms. The van der Waals surface area contributed by atoms with E-state index >= 15 is 0 Å². The van der Waals surface area contributed by atoms with Gasteiger partial charge in [-0.15, -0.1) is 0 Å². The number of furan rings is 1. The number of amides is 1. The maximum absolute atomic E-state index is 11.7. The number of hydrogen-bond acceptors (Lipinski definition) is 3. The second kappa shape index (κ2) is 5.72. The third kappa shape index (κ3) is 3.23. The van der Waals surface area contributed by atoms with Crippen molar-refractivity contribution >= 4 is 23.5 Å². The summed E-state index contributed by atoms with van der Waals surface area (Å²) in [5.74, 6) is -1.77. The van der Waals surface area contributed by atoms with Crippen LogP contribution in [0.5, 0.6) is 0 Å². The Morgan fingerprint density at radius 1 is 1.59 bits per heavy atom. The first-order valence-electron chi connectivity index (χ1n) is 5.24. The number of hydrogen-bond donors (Lipinski definition) is 2. The van der Waals surface area contributed by atoms with Crippen LogP contribution in [-0.2, 0) is 4.79 Å². The average molecular weight is 260 g/mol. The molecule has 1 amide bonds. The minimum Gasteiger partial charge on any atom is -0.480 e. The van der Waals surface area contributed by atoms with Crippen LogP contribution < -0.4 is 5.32 Å². The Hall–Kier alpha value is -1.49. The second-order valence-corrected chi connectivity index (χ2v) is 4.13. The Kier molecular flexibility index (Phi) is 4.57. The molecule has 6 heteroatoms. The summed E-state index contributed by atoms with van der Waals surface area (Å²) in [5, 5.41) is 11.4. The summed E-state index contributed by atoms with van der Waals surface area (Å²) < 4.78 is 4.77. The molecule has 1 rings (SSSR count). The van der Waals surface area contributed by atoms with E-state index in [1.807, 2.05) is 6.92 Å². The molecule has 0 bridgehead atoms. The Morgan fingerprint density at radius 2 is 2.24 bits per heavy atom. The monoisotopic (exact) mass is 259 g/mol. The molecule has 5 nitrogen and oxygen atoms in total. The molecule has 0 aliphatic heterocycles. The van der Waals surface area contributed by atoms with E-state index in [9.17, 15) is 9.59 Å². The van der Waals surface area contributed by atoms with Gasteiger partial charge in [-0.1, -0.05) is 20.3 Å². The van der Waals surface area contributed by atoms with Gasteiger partial charge in [-0.3, -0.25) is 4.79 Å². The zero-order valence-electron chi connectivity index (χ0n) is 9.57. The minimum absolute atomic E-state index is 0.0456. The molecule has 1 heterocycles. The Labute approximate surface area is 104 Å². The molecular formula is C11H14ClNO4. The van der Waals surface area contributed by atoms with Gasteiger partial charge in [-0.25, -0.2) is 4.79 Å². The largest absolute Gasteiger partial charge is 0.480 e. The first kappa shape index (κ1) is 13.6. The van der Waals surface area contributed by atoms with Crippen molar-refractivity contribution in [3.63, 3.8) is 0 Å². The highest BCUT2D eigenvalue weighted by atomic mass is 35.5. The molecule has 2 N–H and O–H groups in total. The second-order valence-electron chi connectivity index (χ2n) is 3.78. The van der Waals surface area contributed by atoms with Crippen molar-refractivity contribution in [1.29, 1.82) is 0 Å². The van der Waals surface area contributed by atoms with Crippen molar-refractivity contribution in [1.82, 2.24) is 5.32 Å². The number of aliphatic carboxylic acids is 1. The predicted octanol–water partition coefficient (Wildman–Crippen LogP) is 2.16. The van der Waals surface area contributed by atoms with Gasteiger partial charge in [0.1, 0.15) is 6.04 Å². The normalized spacial score (nSPS) is 14.1. The topological polar surface area (TPSA) is 79.5 Å². The molecule has 17 heavy (non-hydrogen) atoms. The Bertz CT molecular complexity index is 415. The minimum atomic E-state index is -1.06. The molecule has 0 aliphatic rings. The standard InChI is InChI=1S/C11H14ClNO4/c1-3-6(2)8(11(15)16)13-10(14)7-4-5-17-9(7)12/h4-6,8H,3H2,1-2H3,(H,13,14)(H,15,16). The van der Waals surface area contributed by atoms with Crippen LogP contribution in [0.3, 0.4) is 0 Å². The zero-order valence-corrected chi connectivity index (χ0v) is 10.3. The van der Waals surface area contributed by atoms with Gasteiger partial charge >= 0.3 is 5.97 Å². The quantitative estimate of drug-likeness (QED) is 0.849. The Balaban J connectivity index is 2.78. The molecule has 0 fully saturated rings. The maximum Gasteiger partial charge on any atom is 0.326 e. The van der Waals surface area contributed by atoms with Crippen LogP contribution >= 0.6 is 11.6 Å². The van der Waals surface area contributed by atoms with Crippen molar-refractivity contribution < 1.29 is 19.1 Å². The van der Waals surface area contributed by atoms with Crippen molar-refractivity contribution in [2.24, 2.45) is 5.92 Å². The van der Waals surface area contributed by atoms with Crippen LogP contribution in [0.4, 0.5) is 0 Å². The third-order valence-electron chi connectivity index (χ3n) is 2.63. The maximum atomic E-state index is 11.7. The number of rotatable bonds is 5. The fraction of sp³-hybridized carbons (Fsp3) is 0.455. The van der Waals surface area contributed by atoms with E-state index in [-0.39, 0.29) is 16.7 Å². The molecule has 1 aromatic rings. The molecule has 2 unspecified atom stereocenters. The number of halogens is 1. The number of carboxylic acids is 1. The zero-order chi connectivity index (χ0) is 13.0. The summed E-state index contributed by atoms with van der Waals surface area (Å²) in [5.41, 5.74) is 0.140. The summed E-state index contributed by atoms with van der Waals surface area (Å²) >= 11 is 5.64. The van der Waals surface area contributed by atoms with Gasteiger partial charge in [0.25, 0.3) is 5.91 Å². The summed E-state index contributed by atoms with van der Waals surface area (Å²) in [4.78, 5) is 22.8. The number of carboxylic acid groups (broad SMARTS) is 1. The van der Waals surface area contributed by atoms with Crippen LogP contribution in [0.15, 0.2) is 16.7 Å². The van der Waals surface area contributed by atoms with Crippen LogP contribution in [0.25, 0.3) is 0 Å². The van der Waals surface area contributed by atoms with E-state index in [4.69, 9.17) is 21.1 Å². The molecular weight excluding hydrogens is 246 g/mol. The van der Waals surface area contributed by atoms with Crippen molar-refractivity contribution in [2.45, 2.75) is 26.3 Å². The fourth-order valence-electron chi connectivity index (χ4n) is 1.36. The summed E-state index contributed by atoms with van der Waals surface area (Å²) in [7, 11) is 0. The summed E-state index contributed by atoms with van der Waals surface area (Å²) in [6.07, 6.45) is 1.92. The molecule has 0 saturated carbocycles. The lowest BCUT2D eigenvalue weighted by molar-refractivity contribution is -0.140. The predicted molar refractivity (Wildman–Crippen MR) is 62.1 cm³/mol. The first-order valence-corrected chi connectivity index (χ1v) is 5.61. The smallest absolute Gasteiger partial charge is 0.326 e. The van der Waals surface area contributed by atoms with Crippen LogP contribution in [0, 0.1) is 5.92 Å². The molecule has 1 aromatic heterocycles. The highest BCUT2D eigenvalue weighted by molar-refractivity contribution is 6.32. The van der Waals surface area contributed by atoms with Gasteiger partial charge in [-0.05, 0) is 23.6 Å². The molecule has 0 aliphatic carbocycles. The van der Waals surface area contributed by atoms with Gasteiger partial charge in [0.15, 0.2) is 0 Å². The van der Waals surface area contributed by atoms with E-state index in [1.54, 1.807) is 6.92 Å². The lowest BCUT2D eigenvalue weighted by Gasteiger charge is -2.19. The van der Waals surface area contributed by atoms with E-state index in [0.29, 0.717) is 6.42 Å². The van der Waals surface area contributed by atoms with Crippen LogP contribution in [0.1, 0.15) is 30.6 Å². The van der Waals surface area contributed by atoms with Gasteiger partial charge in [0.05, 0.1) is 11.8 Å². The number of carbonyl (C=O) groups excluding carboxylic acids is 1. The van der Waals surface area contributed by atoms with E-state index in [2.05, 4.69) is 5.32 Å². The van der Waals surface area contributed by atoms with Gasteiger partial charge in [0.2, 0.25) is 5.22 Å². The highest BCUT2D eigenvalue weighted by Crippen LogP contribution is 2.17. The average Bonchev–Trinajstić information content (AvgIpc) is 2.70. The molecule has 0 radical (unpaired) electrons. The van der Waals surface area contributed by atoms with Gasteiger partial charge in [-0.2, -0.15) is 0 Å². The lowest BCUT2D eigenvalue weighted by Crippen LogP contribution is -2.44. The summed E-state index contributed by atoms with van der Waals surface area (Å²) in [6, 6.07) is 0.464. The highest BCUT2D eigenvalue weighted by Gasteiger charge is 2.26. The van der Waals surface area contributed by atoms with Crippen molar-refractivity contribution in [3.05, 3.63) is 23.1 Å². The summed E-state index contributed by atoms with van der Waals surface area (Å²) in [6.45, 7) is 3.62.